The van der Waals surface area contributed by atoms with E-state index in [2.05, 4.69) is 21.7 Å². The number of hydrogen-bond acceptors (Lipinski definition) is 7. The molecule has 0 radical (unpaired) electrons. The summed E-state index contributed by atoms with van der Waals surface area (Å²) < 4.78 is 5.13. The Balaban J connectivity index is 1.87. The highest BCUT2D eigenvalue weighted by Gasteiger charge is 2.29. The zero-order chi connectivity index (χ0) is 30.5. The molecule has 3 amide bonds. The Hall–Kier alpha value is -3.97. The highest BCUT2D eigenvalue weighted by Crippen LogP contribution is 2.34. The van der Waals surface area contributed by atoms with E-state index in [-0.39, 0.29) is 17.6 Å². The first-order valence-corrected chi connectivity index (χ1v) is 15.0. The molecule has 1 aromatic rings. The number of fused-ring (bicyclic) bond motifs is 1. The van der Waals surface area contributed by atoms with Crippen LogP contribution in [-0.4, -0.2) is 56.6 Å². The Morgan fingerprint density at radius 3 is 2.69 bits per heavy atom. The molecule has 42 heavy (non-hydrogen) atoms. The Kier molecular flexibility index (Phi) is 12.8. The van der Waals surface area contributed by atoms with E-state index in [4.69, 9.17) is 4.74 Å². The van der Waals surface area contributed by atoms with E-state index >= 15 is 0 Å². The molecule has 226 valence electrons. The molecule has 1 aromatic heterocycles. The van der Waals surface area contributed by atoms with Crippen molar-refractivity contribution in [2.24, 2.45) is 5.92 Å². The molecule has 0 unspecified atom stereocenters. The van der Waals surface area contributed by atoms with Crippen molar-refractivity contribution in [3.8, 4) is 6.07 Å². The maximum atomic E-state index is 13.5. The number of aldehydes is 1. The molecule has 1 fully saturated rings. The van der Waals surface area contributed by atoms with Gasteiger partial charge in [0.05, 0.1) is 23.6 Å². The van der Waals surface area contributed by atoms with Crippen LogP contribution >= 0.6 is 0 Å². The van der Waals surface area contributed by atoms with Crippen molar-refractivity contribution in [3.05, 3.63) is 52.5 Å². The van der Waals surface area contributed by atoms with Gasteiger partial charge in [-0.2, -0.15) is 5.26 Å². The van der Waals surface area contributed by atoms with Gasteiger partial charge in [-0.25, -0.2) is 9.78 Å². The standard InChI is InChI=1S/C32H44N6O4/c1-5-7-12-26(21-33)27(34-15-18-42-4)19-23(3)35-32(41)38-16-9-13-25-20-29(28(22-39)36-31(25)38)37(30(40)6-2)17-14-24-10-8-11-24/h7,12,19-20,22,24,34H,5-6,8-11,13-18H2,1-4H3,(H,35,41)/b12-7+,23-19+,27-26-. The first-order chi connectivity index (χ1) is 20.4. The van der Waals surface area contributed by atoms with Crippen LogP contribution in [0, 0.1) is 17.2 Å². The first-order valence-electron chi connectivity index (χ1n) is 15.0. The third-order valence-corrected chi connectivity index (χ3v) is 7.62. The quantitative estimate of drug-likeness (QED) is 0.135. The van der Waals surface area contributed by atoms with Crippen LogP contribution in [0.15, 0.2) is 41.3 Å². The first kappa shape index (κ1) is 32.5. The van der Waals surface area contributed by atoms with Crippen LogP contribution in [0.25, 0.3) is 0 Å². The van der Waals surface area contributed by atoms with E-state index in [1.165, 1.54) is 24.2 Å². The number of carbonyl (C=O) groups is 3. The number of aryl methyl sites for hydroxylation is 1. The topological polar surface area (TPSA) is 128 Å². The second-order valence-electron chi connectivity index (χ2n) is 10.7. The number of anilines is 2. The lowest BCUT2D eigenvalue weighted by Gasteiger charge is -2.32. The van der Waals surface area contributed by atoms with Crippen molar-refractivity contribution >= 4 is 29.7 Å². The predicted octanol–water partition coefficient (Wildman–Crippen LogP) is 5.17. The van der Waals surface area contributed by atoms with Gasteiger partial charge in [-0.1, -0.05) is 39.2 Å². The highest BCUT2D eigenvalue weighted by atomic mass is 16.5. The van der Waals surface area contributed by atoms with E-state index in [1.54, 1.807) is 31.1 Å². The van der Waals surface area contributed by atoms with Crippen molar-refractivity contribution in [1.82, 2.24) is 15.6 Å². The lowest BCUT2D eigenvalue weighted by molar-refractivity contribution is -0.118. The number of rotatable bonds is 14. The molecule has 0 bridgehead atoms. The molecule has 0 spiro atoms. The summed E-state index contributed by atoms with van der Waals surface area (Å²) in [4.78, 5) is 46.4. The number of nitriles is 1. The summed E-state index contributed by atoms with van der Waals surface area (Å²) in [6, 6.07) is 3.69. The minimum atomic E-state index is -0.382. The highest BCUT2D eigenvalue weighted by molar-refractivity contribution is 5.99. The maximum Gasteiger partial charge on any atom is 0.327 e. The maximum absolute atomic E-state index is 13.5. The number of urea groups is 1. The van der Waals surface area contributed by atoms with E-state index in [1.807, 2.05) is 26.0 Å². The predicted molar refractivity (Wildman–Crippen MR) is 164 cm³/mol. The molecule has 3 rings (SSSR count). The van der Waals surface area contributed by atoms with Gasteiger partial charge in [0.2, 0.25) is 5.91 Å². The molecule has 2 heterocycles. The fraction of sp³-hybridized carbons (Fsp3) is 0.531. The zero-order valence-corrected chi connectivity index (χ0v) is 25.4. The van der Waals surface area contributed by atoms with Crippen LogP contribution in [0.5, 0.6) is 0 Å². The van der Waals surface area contributed by atoms with E-state index in [9.17, 15) is 19.6 Å². The summed E-state index contributed by atoms with van der Waals surface area (Å²) in [6.45, 7) is 7.50. The third kappa shape index (κ3) is 8.52. The number of hydrogen-bond donors (Lipinski definition) is 2. The minimum absolute atomic E-state index is 0.0427. The molecular weight excluding hydrogens is 532 g/mol. The fourth-order valence-electron chi connectivity index (χ4n) is 5.09. The minimum Gasteiger partial charge on any atom is -0.383 e. The van der Waals surface area contributed by atoms with Crippen LogP contribution < -0.4 is 20.4 Å². The molecule has 1 aliphatic carbocycles. The van der Waals surface area contributed by atoms with E-state index < -0.39 is 0 Å². The molecule has 0 aromatic carbocycles. The number of methoxy groups -OCH3 is 1. The second kappa shape index (κ2) is 16.5. The van der Waals surface area contributed by atoms with Gasteiger partial charge in [0.1, 0.15) is 17.6 Å². The summed E-state index contributed by atoms with van der Waals surface area (Å²) in [6.07, 6.45) is 13.1. The number of carbonyl (C=O) groups excluding carboxylic acids is 3. The smallest absolute Gasteiger partial charge is 0.327 e. The van der Waals surface area contributed by atoms with E-state index in [0.29, 0.717) is 79.8 Å². The van der Waals surface area contributed by atoms with Gasteiger partial charge in [0.25, 0.3) is 0 Å². The van der Waals surface area contributed by atoms with Gasteiger partial charge < -0.3 is 20.3 Å². The normalized spacial score (nSPS) is 15.8. The van der Waals surface area contributed by atoms with Gasteiger partial charge in [-0.15, -0.1) is 0 Å². The summed E-state index contributed by atoms with van der Waals surface area (Å²) >= 11 is 0. The summed E-state index contributed by atoms with van der Waals surface area (Å²) in [5.41, 5.74) is 3.06. The molecule has 0 saturated heterocycles. The molecule has 1 saturated carbocycles. The lowest BCUT2D eigenvalue weighted by Crippen LogP contribution is -2.43. The Morgan fingerprint density at radius 2 is 2.07 bits per heavy atom. The molecule has 10 heteroatoms. The number of nitrogens with one attached hydrogen (secondary N) is 2. The average Bonchev–Trinajstić information content (AvgIpc) is 2.97. The second-order valence-corrected chi connectivity index (χ2v) is 10.7. The summed E-state index contributed by atoms with van der Waals surface area (Å²) in [5, 5.41) is 15.8. The van der Waals surface area contributed by atoms with Gasteiger partial charge in [-0.3, -0.25) is 14.5 Å². The van der Waals surface area contributed by atoms with Crippen LogP contribution in [0.3, 0.4) is 0 Å². The number of nitrogens with zero attached hydrogens (tertiary/aromatic N) is 4. The Bertz CT molecular complexity index is 1260. The summed E-state index contributed by atoms with van der Waals surface area (Å²) in [5.74, 6) is 1.01. The van der Waals surface area contributed by atoms with Crippen molar-refractivity contribution in [1.29, 1.82) is 5.26 Å². The molecule has 1 aliphatic heterocycles. The molecule has 2 N–H and O–H groups in total. The van der Waals surface area contributed by atoms with Crippen molar-refractivity contribution in [3.63, 3.8) is 0 Å². The molecule has 10 nitrogen and oxygen atoms in total. The number of aromatic nitrogens is 1. The Morgan fingerprint density at radius 1 is 1.29 bits per heavy atom. The number of ether oxygens (including phenoxy) is 1. The molecular formula is C32H44N6O4. The van der Waals surface area contributed by atoms with Crippen molar-refractivity contribution < 1.29 is 19.1 Å². The third-order valence-electron chi connectivity index (χ3n) is 7.62. The van der Waals surface area contributed by atoms with Crippen molar-refractivity contribution in [2.45, 2.75) is 72.1 Å². The fourth-order valence-corrected chi connectivity index (χ4v) is 5.09. The van der Waals surface area contributed by atoms with Crippen LogP contribution in [0.4, 0.5) is 16.3 Å². The van der Waals surface area contributed by atoms with Gasteiger partial charge in [-0.05, 0) is 62.3 Å². The monoisotopic (exact) mass is 576 g/mol. The number of pyridine rings is 1. The van der Waals surface area contributed by atoms with Crippen LogP contribution in [0.1, 0.15) is 81.8 Å². The Labute approximate surface area is 249 Å². The summed E-state index contributed by atoms with van der Waals surface area (Å²) in [7, 11) is 1.60. The molecule has 0 atom stereocenters. The average molecular weight is 577 g/mol. The lowest BCUT2D eigenvalue weighted by atomic mass is 9.83. The van der Waals surface area contributed by atoms with Crippen LogP contribution in [-0.2, 0) is 16.0 Å². The van der Waals surface area contributed by atoms with Gasteiger partial charge >= 0.3 is 6.03 Å². The van der Waals surface area contributed by atoms with Crippen molar-refractivity contribution in [2.75, 3.05) is 43.2 Å². The number of allylic oxidation sites excluding steroid dienone is 5. The SMILES string of the molecule is CC/C=C/C(C#N)=C(\C=C(/C)NC(=O)N1CCCc2cc(N(CCC3CCC3)C(=O)CC)c(C=O)nc21)NCCOC. The van der Waals surface area contributed by atoms with Gasteiger partial charge in [0.15, 0.2) is 6.29 Å². The molecule has 2 aliphatic rings. The number of amides is 3. The van der Waals surface area contributed by atoms with Gasteiger partial charge in [0, 0.05) is 38.9 Å². The van der Waals surface area contributed by atoms with Crippen LogP contribution in [0.2, 0.25) is 0 Å². The largest absolute Gasteiger partial charge is 0.383 e. The zero-order valence-electron chi connectivity index (χ0n) is 25.4. The van der Waals surface area contributed by atoms with E-state index in [0.717, 1.165) is 24.8 Å².